The molecule has 2 nitrogen and oxygen atoms in total. The van der Waals surface area contributed by atoms with Crippen molar-refractivity contribution in [3.63, 3.8) is 0 Å². The van der Waals surface area contributed by atoms with Crippen LogP contribution in [0.15, 0.2) is 0 Å². The lowest BCUT2D eigenvalue weighted by Gasteiger charge is -2.03. The number of carbonyl (C=O) groups is 1. The van der Waals surface area contributed by atoms with Gasteiger partial charge in [-0.15, -0.1) is 0 Å². The van der Waals surface area contributed by atoms with E-state index in [0.717, 1.165) is 12.8 Å². The standard InChI is InChI=1S/C22H44O2.Al.Mg.5H/c1-2-3-4-5-6-7-8-9-10-11-12-13-14-15-16-17-18-19-20-21-22(23)24;;;;;;;/h2-21H2,1H3,(H,23,24);;;;;;;. The lowest BCUT2D eigenvalue weighted by Crippen LogP contribution is -1.93. The smallest absolute Gasteiger partial charge is 0.316 e. The van der Waals surface area contributed by atoms with Gasteiger partial charge in [0.1, 0.15) is 0 Å². The molecule has 0 spiro atoms. The lowest BCUT2D eigenvalue weighted by molar-refractivity contribution is -0.137. The molecular weight excluding hydrogens is 348 g/mol. The zero-order valence-electron chi connectivity index (χ0n) is 16.5. The summed E-state index contributed by atoms with van der Waals surface area (Å²) in [5.41, 5.74) is 0. The van der Waals surface area contributed by atoms with Crippen LogP contribution < -0.4 is 0 Å². The van der Waals surface area contributed by atoms with Gasteiger partial charge in [-0.3, -0.25) is 4.79 Å². The summed E-state index contributed by atoms with van der Waals surface area (Å²) in [7, 11) is 0. The van der Waals surface area contributed by atoms with Gasteiger partial charge in [0.15, 0.2) is 17.4 Å². The Bertz CT molecular complexity index is 263. The molecule has 0 unspecified atom stereocenters. The highest BCUT2D eigenvalue weighted by atomic mass is 27.0. The van der Waals surface area contributed by atoms with Crippen molar-refractivity contribution in [2.24, 2.45) is 0 Å². The molecule has 0 aliphatic rings. The molecule has 0 rings (SSSR count). The Labute approximate surface area is 191 Å². The summed E-state index contributed by atoms with van der Waals surface area (Å²) in [5, 5.41) is 8.56. The number of carboxylic acids is 1. The molecule has 0 aliphatic heterocycles. The number of aliphatic carboxylic acids is 1. The molecule has 26 heavy (non-hydrogen) atoms. The number of hydrogen-bond donors (Lipinski definition) is 1. The van der Waals surface area contributed by atoms with Crippen molar-refractivity contribution in [1.82, 2.24) is 0 Å². The van der Waals surface area contributed by atoms with Crippen molar-refractivity contribution in [2.45, 2.75) is 135 Å². The monoisotopic (exact) mass is 396 g/mol. The Kier molecular flexibility index (Phi) is 33.9. The van der Waals surface area contributed by atoms with E-state index in [4.69, 9.17) is 5.11 Å². The maximum Gasteiger partial charge on any atom is 0.316 e. The quantitative estimate of drug-likeness (QED) is 0.209. The third kappa shape index (κ3) is 29.5. The van der Waals surface area contributed by atoms with Gasteiger partial charge in [-0.2, -0.15) is 0 Å². The van der Waals surface area contributed by atoms with E-state index in [0.29, 0.717) is 6.42 Å². The minimum Gasteiger partial charge on any atom is -0.481 e. The van der Waals surface area contributed by atoms with Gasteiger partial charge in [0.05, 0.1) is 0 Å². The van der Waals surface area contributed by atoms with E-state index in [2.05, 4.69) is 6.92 Å². The molecule has 0 atom stereocenters. The second-order valence-corrected chi connectivity index (χ2v) is 7.51. The van der Waals surface area contributed by atoms with E-state index < -0.39 is 5.97 Å². The van der Waals surface area contributed by atoms with Crippen LogP contribution in [0.2, 0.25) is 0 Å². The highest BCUT2D eigenvalue weighted by Gasteiger charge is 1.97. The first-order valence-corrected chi connectivity index (χ1v) is 11.0. The first-order valence-electron chi connectivity index (χ1n) is 11.0. The molecule has 0 saturated carbocycles. The van der Waals surface area contributed by atoms with E-state index in [1.165, 1.54) is 109 Å². The van der Waals surface area contributed by atoms with Crippen LogP contribution in [0.3, 0.4) is 0 Å². The Balaban J connectivity index is -0.00000264. The number of carboxylic acid groups (broad SMARTS) is 1. The summed E-state index contributed by atoms with van der Waals surface area (Å²) in [5.74, 6) is -0.651. The minimum atomic E-state index is -0.651. The van der Waals surface area contributed by atoms with E-state index in [9.17, 15) is 4.79 Å². The number of rotatable bonds is 20. The predicted molar refractivity (Wildman–Crippen MR) is 124 cm³/mol. The zero-order valence-corrected chi connectivity index (χ0v) is 16.5. The van der Waals surface area contributed by atoms with Crippen molar-refractivity contribution < 1.29 is 9.90 Å². The van der Waals surface area contributed by atoms with Crippen LogP contribution in [0, 0.1) is 0 Å². The van der Waals surface area contributed by atoms with Gasteiger partial charge in [0, 0.05) is 6.42 Å². The van der Waals surface area contributed by atoms with Gasteiger partial charge in [-0.05, 0) is 6.42 Å². The number of hydrogen-bond acceptors (Lipinski definition) is 1. The Morgan fingerprint density at radius 2 is 0.769 bits per heavy atom. The average molecular weight is 397 g/mol. The molecule has 0 heterocycles. The normalized spacial score (nSPS) is 10.2. The molecular formula is C22H49AlMgO2. The highest BCUT2D eigenvalue weighted by Crippen LogP contribution is 2.14. The van der Waals surface area contributed by atoms with Crippen LogP contribution in [-0.4, -0.2) is 51.5 Å². The minimum absolute atomic E-state index is 0. The molecule has 0 aromatic rings. The fourth-order valence-electron chi connectivity index (χ4n) is 3.35. The second-order valence-electron chi connectivity index (χ2n) is 7.51. The van der Waals surface area contributed by atoms with E-state index >= 15 is 0 Å². The molecule has 0 bridgehead atoms. The fourth-order valence-corrected chi connectivity index (χ4v) is 3.35. The summed E-state index contributed by atoms with van der Waals surface area (Å²) in [6.07, 6.45) is 26.1. The molecule has 0 aliphatic carbocycles. The third-order valence-corrected chi connectivity index (χ3v) is 4.99. The molecule has 4 heteroatoms. The molecule has 1 N–H and O–H groups in total. The van der Waals surface area contributed by atoms with Crippen molar-refractivity contribution in [2.75, 3.05) is 0 Å². The van der Waals surface area contributed by atoms with Crippen LogP contribution in [0.5, 0.6) is 0 Å². The van der Waals surface area contributed by atoms with Crippen molar-refractivity contribution in [3.05, 3.63) is 0 Å². The van der Waals surface area contributed by atoms with Gasteiger partial charge in [-0.25, -0.2) is 0 Å². The van der Waals surface area contributed by atoms with E-state index in [-0.39, 0.29) is 40.4 Å². The van der Waals surface area contributed by atoms with E-state index in [1.54, 1.807) is 0 Å². The summed E-state index contributed by atoms with van der Waals surface area (Å²) in [4.78, 5) is 10.4. The van der Waals surface area contributed by atoms with Gasteiger partial charge >= 0.3 is 29.0 Å². The van der Waals surface area contributed by atoms with Gasteiger partial charge in [-0.1, -0.05) is 122 Å². The van der Waals surface area contributed by atoms with E-state index in [1.807, 2.05) is 0 Å². The fraction of sp³-hybridized carbons (Fsp3) is 0.955. The summed E-state index contributed by atoms with van der Waals surface area (Å²) < 4.78 is 0. The van der Waals surface area contributed by atoms with Gasteiger partial charge in [0.2, 0.25) is 0 Å². The average Bonchev–Trinajstić information content (AvgIpc) is 2.56. The van der Waals surface area contributed by atoms with Crippen LogP contribution in [0.1, 0.15) is 135 Å². The molecule has 0 aromatic carbocycles. The molecule has 0 radical (unpaired) electrons. The maximum absolute atomic E-state index is 10.4. The first kappa shape index (κ1) is 31.5. The molecule has 0 amide bonds. The van der Waals surface area contributed by atoms with Crippen molar-refractivity contribution in [1.29, 1.82) is 0 Å². The summed E-state index contributed by atoms with van der Waals surface area (Å²) in [6, 6.07) is 0. The molecule has 0 saturated heterocycles. The van der Waals surface area contributed by atoms with Crippen LogP contribution >= 0.6 is 0 Å². The molecule has 154 valence electrons. The first-order chi connectivity index (χ1) is 11.8. The number of unbranched alkanes of at least 4 members (excludes halogenated alkanes) is 18. The topological polar surface area (TPSA) is 37.3 Å². The van der Waals surface area contributed by atoms with Crippen LogP contribution in [-0.2, 0) is 4.79 Å². The SMILES string of the molecule is CCCCCCCCCCCCCCCCCCCCCC(=O)O.[AlH3].[MgH2]. The largest absolute Gasteiger partial charge is 0.481 e. The molecule has 0 fully saturated rings. The van der Waals surface area contributed by atoms with Gasteiger partial charge < -0.3 is 5.11 Å². The maximum atomic E-state index is 10.4. The Morgan fingerprint density at radius 1 is 0.538 bits per heavy atom. The Hall–Kier alpha value is 0.769. The molecule has 0 aromatic heterocycles. The van der Waals surface area contributed by atoms with Crippen LogP contribution in [0.4, 0.5) is 0 Å². The summed E-state index contributed by atoms with van der Waals surface area (Å²) in [6.45, 7) is 2.28. The third-order valence-electron chi connectivity index (χ3n) is 4.99. The lowest BCUT2D eigenvalue weighted by atomic mass is 10.0. The van der Waals surface area contributed by atoms with Crippen LogP contribution in [0.25, 0.3) is 0 Å². The predicted octanol–water partition coefficient (Wildman–Crippen LogP) is 5.79. The van der Waals surface area contributed by atoms with Crippen molar-refractivity contribution in [3.8, 4) is 0 Å². The highest BCUT2D eigenvalue weighted by molar-refractivity contribution is 5.76. The zero-order chi connectivity index (χ0) is 17.7. The Morgan fingerprint density at radius 3 is 1.00 bits per heavy atom. The summed E-state index contributed by atoms with van der Waals surface area (Å²) >= 11 is 0. The second kappa shape index (κ2) is 28.0. The van der Waals surface area contributed by atoms with Gasteiger partial charge in [0.25, 0.3) is 0 Å². The van der Waals surface area contributed by atoms with Crippen molar-refractivity contribution >= 4 is 46.4 Å².